The number of benzene rings is 2. The van der Waals surface area contributed by atoms with Gasteiger partial charge in [0.05, 0.1) is 11.0 Å². The number of halogens is 1. The lowest BCUT2D eigenvalue weighted by atomic mass is 10.1. The van der Waals surface area contributed by atoms with Gasteiger partial charge in [0.2, 0.25) is 0 Å². The van der Waals surface area contributed by atoms with Crippen molar-refractivity contribution < 1.29 is 10.0 Å². The maximum Gasteiger partial charge on any atom is 0.288 e. The molecule has 0 spiro atoms. The predicted octanol–water partition coefficient (Wildman–Crippen LogP) is 2.94. The van der Waals surface area contributed by atoms with Gasteiger partial charge >= 0.3 is 0 Å². The summed E-state index contributed by atoms with van der Waals surface area (Å²) in [5.74, 6) is 0. The molecule has 0 aliphatic carbocycles. The van der Waals surface area contributed by atoms with Crippen LogP contribution in [0.4, 0.5) is 5.69 Å². The molecule has 22 heavy (non-hydrogen) atoms. The van der Waals surface area contributed by atoms with E-state index in [0.717, 1.165) is 11.1 Å². The van der Waals surface area contributed by atoms with E-state index in [1.807, 2.05) is 30.3 Å². The SMILES string of the molecule is O=[N+]([O-])c1cc(CNCC(O)Cc2ccccc2)ccc1Cl. The van der Waals surface area contributed by atoms with Gasteiger partial charge in [0.25, 0.3) is 5.69 Å². The highest BCUT2D eigenvalue weighted by atomic mass is 35.5. The Balaban J connectivity index is 1.83. The largest absolute Gasteiger partial charge is 0.391 e. The quantitative estimate of drug-likeness (QED) is 0.607. The molecule has 0 radical (unpaired) electrons. The van der Waals surface area contributed by atoms with Crippen molar-refractivity contribution in [2.75, 3.05) is 6.54 Å². The van der Waals surface area contributed by atoms with E-state index in [1.165, 1.54) is 12.1 Å². The van der Waals surface area contributed by atoms with Crippen molar-refractivity contribution in [2.45, 2.75) is 19.1 Å². The molecule has 0 aliphatic heterocycles. The zero-order chi connectivity index (χ0) is 15.9. The molecule has 1 unspecified atom stereocenters. The topological polar surface area (TPSA) is 75.4 Å². The van der Waals surface area contributed by atoms with E-state index in [2.05, 4.69) is 5.32 Å². The molecule has 1 atom stereocenters. The summed E-state index contributed by atoms with van der Waals surface area (Å²) in [6.45, 7) is 0.842. The third-order valence-electron chi connectivity index (χ3n) is 3.23. The number of nitrogens with zero attached hydrogens (tertiary/aromatic N) is 1. The van der Waals surface area contributed by atoms with Gasteiger partial charge in [-0.1, -0.05) is 48.0 Å². The number of nitrogens with one attached hydrogen (secondary N) is 1. The maximum atomic E-state index is 10.8. The van der Waals surface area contributed by atoms with Crippen LogP contribution in [0.1, 0.15) is 11.1 Å². The summed E-state index contributed by atoms with van der Waals surface area (Å²) in [6, 6.07) is 14.4. The number of hydrogen-bond donors (Lipinski definition) is 2. The average molecular weight is 321 g/mol. The van der Waals surface area contributed by atoms with Gasteiger partial charge in [0.15, 0.2) is 0 Å². The van der Waals surface area contributed by atoms with E-state index in [1.54, 1.807) is 6.07 Å². The monoisotopic (exact) mass is 320 g/mol. The number of nitro groups is 1. The second-order valence-electron chi connectivity index (χ2n) is 5.02. The Morgan fingerprint density at radius 3 is 2.59 bits per heavy atom. The van der Waals surface area contributed by atoms with Crippen molar-refractivity contribution in [2.24, 2.45) is 0 Å². The molecule has 2 aromatic rings. The molecular weight excluding hydrogens is 304 g/mol. The zero-order valence-corrected chi connectivity index (χ0v) is 12.7. The van der Waals surface area contributed by atoms with Crippen LogP contribution in [0.15, 0.2) is 48.5 Å². The van der Waals surface area contributed by atoms with Crippen LogP contribution in [-0.4, -0.2) is 22.7 Å². The Kier molecular flexibility index (Phi) is 5.89. The highest BCUT2D eigenvalue weighted by Gasteiger charge is 2.12. The zero-order valence-electron chi connectivity index (χ0n) is 11.9. The lowest BCUT2D eigenvalue weighted by Crippen LogP contribution is -2.28. The van der Waals surface area contributed by atoms with Crippen LogP contribution >= 0.6 is 11.6 Å². The standard InChI is InChI=1S/C16H17ClN2O3/c17-15-7-6-13(9-16(15)19(21)22)10-18-11-14(20)8-12-4-2-1-3-5-12/h1-7,9,14,18,20H,8,10-11H2. The Bertz CT molecular complexity index is 635. The minimum Gasteiger partial charge on any atom is -0.391 e. The van der Waals surface area contributed by atoms with Crippen LogP contribution in [-0.2, 0) is 13.0 Å². The molecule has 0 aromatic heterocycles. The number of rotatable bonds is 7. The van der Waals surface area contributed by atoms with E-state index in [0.29, 0.717) is 19.5 Å². The third kappa shape index (κ3) is 4.80. The van der Waals surface area contributed by atoms with E-state index >= 15 is 0 Å². The minimum atomic E-state index is -0.510. The van der Waals surface area contributed by atoms with Crippen LogP contribution in [0.2, 0.25) is 5.02 Å². The van der Waals surface area contributed by atoms with E-state index in [4.69, 9.17) is 11.6 Å². The molecule has 0 saturated heterocycles. The molecule has 0 bridgehead atoms. The molecule has 2 aromatic carbocycles. The Labute approximate surface area is 133 Å². The van der Waals surface area contributed by atoms with Gasteiger partial charge in [0, 0.05) is 19.2 Å². The second kappa shape index (κ2) is 7.89. The fourth-order valence-corrected chi connectivity index (χ4v) is 2.34. The number of hydrogen-bond acceptors (Lipinski definition) is 4. The van der Waals surface area contributed by atoms with Crippen molar-refractivity contribution in [3.63, 3.8) is 0 Å². The highest BCUT2D eigenvalue weighted by Crippen LogP contribution is 2.24. The molecule has 116 valence electrons. The molecule has 0 saturated carbocycles. The third-order valence-corrected chi connectivity index (χ3v) is 3.55. The van der Waals surface area contributed by atoms with Crippen LogP contribution in [0.25, 0.3) is 0 Å². The first-order valence-electron chi connectivity index (χ1n) is 6.92. The Morgan fingerprint density at radius 2 is 1.91 bits per heavy atom. The van der Waals surface area contributed by atoms with Gasteiger partial charge in [-0.2, -0.15) is 0 Å². The number of aliphatic hydroxyl groups excluding tert-OH is 1. The first-order chi connectivity index (χ1) is 10.6. The van der Waals surface area contributed by atoms with Crippen LogP contribution in [0.5, 0.6) is 0 Å². The first-order valence-corrected chi connectivity index (χ1v) is 7.29. The van der Waals surface area contributed by atoms with Gasteiger partial charge in [0.1, 0.15) is 5.02 Å². The van der Waals surface area contributed by atoms with Gasteiger partial charge < -0.3 is 10.4 Å². The maximum absolute atomic E-state index is 10.8. The summed E-state index contributed by atoms with van der Waals surface area (Å²) in [5.41, 5.74) is 1.72. The summed E-state index contributed by atoms with van der Waals surface area (Å²) in [5, 5.41) is 24.0. The first kappa shape index (κ1) is 16.4. The predicted molar refractivity (Wildman–Crippen MR) is 86.0 cm³/mol. The molecule has 2 rings (SSSR count). The van der Waals surface area contributed by atoms with Gasteiger partial charge in [-0.05, 0) is 23.6 Å². The van der Waals surface area contributed by atoms with Crippen LogP contribution in [0, 0.1) is 10.1 Å². The van der Waals surface area contributed by atoms with Crippen molar-refractivity contribution in [3.05, 3.63) is 74.8 Å². The summed E-state index contributed by atoms with van der Waals surface area (Å²) < 4.78 is 0. The lowest BCUT2D eigenvalue weighted by Gasteiger charge is -2.12. The highest BCUT2D eigenvalue weighted by molar-refractivity contribution is 6.32. The molecule has 0 aliphatic rings. The van der Waals surface area contributed by atoms with Crippen LogP contribution in [0.3, 0.4) is 0 Å². The molecule has 0 amide bonds. The molecule has 2 N–H and O–H groups in total. The summed E-state index contributed by atoms with van der Waals surface area (Å²) in [4.78, 5) is 10.3. The van der Waals surface area contributed by atoms with Crippen molar-refractivity contribution in [1.29, 1.82) is 0 Å². The lowest BCUT2D eigenvalue weighted by molar-refractivity contribution is -0.384. The normalized spacial score (nSPS) is 12.1. The molecule has 0 fully saturated rings. The van der Waals surface area contributed by atoms with E-state index < -0.39 is 11.0 Å². The van der Waals surface area contributed by atoms with Gasteiger partial charge in [-0.3, -0.25) is 10.1 Å². The van der Waals surface area contributed by atoms with E-state index in [9.17, 15) is 15.2 Å². The molecular formula is C16H17ClN2O3. The smallest absolute Gasteiger partial charge is 0.288 e. The average Bonchev–Trinajstić information content (AvgIpc) is 2.49. The summed E-state index contributed by atoms with van der Waals surface area (Å²) >= 11 is 5.76. The van der Waals surface area contributed by atoms with Crippen molar-refractivity contribution in [3.8, 4) is 0 Å². The van der Waals surface area contributed by atoms with E-state index in [-0.39, 0.29) is 10.7 Å². The number of nitro benzene ring substituents is 1. The fraction of sp³-hybridized carbons (Fsp3) is 0.250. The molecule has 5 nitrogen and oxygen atoms in total. The van der Waals surface area contributed by atoms with Crippen LogP contribution < -0.4 is 5.32 Å². The summed E-state index contributed by atoms with van der Waals surface area (Å²) in [7, 11) is 0. The van der Waals surface area contributed by atoms with Crippen molar-refractivity contribution in [1.82, 2.24) is 5.32 Å². The summed E-state index contributed by atoms with van der Waals surface area (Å²) in [6.07, 6.45) is 0.0545. The van der Waals surface area contributed by atoms with Gasteiger partial charge in [-0.25, -0.2) is 0 Å². The fourth-order valence-electron chi connectivity index (χ4n) is 2.15. The Morgan fingerprint density at radius 1 is 1.18 bits per heavy atom. The van der Waals surface area contributed by atoms with Gasteiger partial charge in [-0.15, -0.1) is 0 Å². The second-order valence-corrected chi connectivity index (χ2v) is 5.42. The molecule has 6 heteroatoms. The minimum absolute atomic E-state index is 0.106. The molecule has 0 heterocycles. The van der Waals surface area contributed by atoms with Crippen molar-refractivity contribution >= 4 is 17.3 Å². The Hall–Kier alpha value is -1.95. The number of aliphatic hydroxyl groups is 1.